The van der Waals surface area contributed by atoms with Crippen LogP contribution in [0.3, 0.4) is 0 Å². The highest BCUT2D eigenvalue weighted by molar-refractivity contribution is 6.05. The molecule has 0 radical (unpaired) electrons. The van der Waals surface area contributed by atoms with Crippen molar-refractivity contribution in [1.29, 1.82) is 0 Å². The summed E-state index contributed by atoms with van der Waals surface area (Å²) >= 11 is 0. The predicted molar refractivity (Wildman–Crippen MR) is 77.2 cm³/mol. The molecule has 4 nitrogen and oxygen atoms in total. The van der Waals surface area contributed by atoms with E-state index in [1.54, 1.807) is 26.0 Å². The molecule has 0 bridgehead atoms. The number of rotatable bonds is 3. The fraction of sp³-hybridized carbons (Fsp3) is 0.125. The van der Waals surface area contributed by atoms with Crippen LogP contribution in [-0.2, 0) is 0 Å². The van der Waals surface area contributed by atoms with Crippen LogP contribution in [0.1, 0.15) is 31.8 Å². The number of benzene rings is 2. The van der Waals surface area contributed by atoms with Crippen molar-refractivity contribution in [2.24, 2.45) is 0 Å². The van der Waals surface area contributed by atoms with E-state index in [-0.39, 0.29) is 11.1 Å². The molecule has 0 aromatic heterocycles. The van der Waals surface area contributed by atoms with Gasteiger partial charge in [0.2, 0.25) is 0 Å². The van der Waals surface area contributed by atoms with Gasteiger partial charge in [-0.25, -0.2) is 9.18 Å². The van der Waals surface area contributed by atoms with Crippen molar-refractivity contribution in [1.82, 2.24) is 0 Å². The summed E-state index contributed by atoms with van der Waals surface area (Å²) in [6.07, 6.45) is 0. The maximum atomic E-state index is 13.3. The number of carboxylic acids is 1. The van der Waals surface area contributed by atoms with E-state index in [4.69, 9.17) is 5.11 Å². The lowest BCUT2D eigenvalue weighted by atomic mass is 10.1. The van der Waals surface area contributed by atoms with Crippen molar-refractivity contribution in [2.45, 2.75) is 13.8 Å². The van der Waals surface area contributed by atoms with Crippen LogP contribution in [0.15, 0.2) is 36.4 Å². The number of anilines is 1. The lowest BCUT2D eigenvalue weighted by Gasteiger charge is -2.10. The molecule has 0 aliphatic heterocycles. The monoisotopic (exact) mass is 287 g/mol. The Morgan fingerprint density at radius 2 is 1.76 bits per heavy atom. The molecule has 21 heavy (non-hydrogen) atoms. The highest BCUT2D eigenvalue weighted by Crippen LogP contribution is 2.18. The number of carboxylic acid groups (broad SMARTS) is 1. The summed E-state index contributed by atoms with van der Waals surface area (Å²) < 4.78 is 13.3. The van der Waals surface area contributed by atoms with E-state index in [1.807, 2.05) is 0 Å². The molecule has 0 spiro atoms. The van der Waals surface area contributed by atoms with Gasteiger partial charge < -0.3 is 10.4 Å². The highest BCUT2D eigenvalue weighted by Gasteiger charge is 2.12. The molecule has 0 fully saturated rings. The van der Waals surface area contributed by atoms with Crippen molar-refractivity contribution < 1.29 is 19.1 Å². The molecule has 2 aromatic carbocycles. The van der Waals surface area contributed by atoms with Gasteiger partial charge in [-0.3, -0.25) is 4.79 Å². The van der Waals surface area contributed by atoms with Crippen LogP contribution in [0.5, 0.6) is 0 Å². The van der Waals surface area contributed by atoms with Crippen LogP contribution in [0.2, 0.25) is 0 Å². The summed E-state index contributed by atoms with van der Waals surface area (Å²) in [6.45, 7) is 3.44. The Morgan fingerprint density at radius 1 is 1.05 bits per heavy atom. The third-order valence-corrected chi connectivity index (χ3v) is 3.04. The van der Waals surface area contributed by atoms with Crippen LogP contribution in [-0.4, -0.2) is 17.0 Å². The van der Waals surface area contributed by atoms with Gasteiger partial charge in [0.25, 0.3) is 5.91 Å². The first kappa shape index (κ1) is 14.7. The number of carbonyl (C=O) groups excluding carboxylic acids is 1. The molecular formula is C16H14FNO3. The van der Waals surface area contributed by atoms with Crippen molar-refractivity contribution in [3.05, 3.63) is 64.5 Å². The van der Waals surface area contributed by atoms with E-state index in [9.17, 15) is 14.0 Å². The largest absolute Gasteiger partial charge is 0.478 e. The number of carbonyl (C=O) groups is 2. The van der Waals surface area contributed by atoms with Gasteiger partial charge in [-0.15, -0.1) is 0 Å². The molecule has 2 rings (SSSR count). The Bertz CT molecular complexity index is 705. The van der Waals surface area contributed by atoms with E-state index in [0.717, 1.165) is 11.6 Å². The molecular weight excluding hydrogens is 273 g/mol. The van der Waals surface area contributed by atoms with Crippen molar-refractivity contribution in [3.63, 3.8) is 0 Å². The van der Waals surface area contributed by atoms with Crippen LogP contribution in [0, 0.1) is 19.7 Å². The summed E-state index contributed by atoms with van der Waals surface area (Å²) in [6, 6.07) is 8.47. The standard InChI is InChI=1S/C16H14FNO3/c1-9-5-12(7-13(17)6-9)15(19)18-14-8-11(16(20)21)4-3-10(14)2/h3-8H,1-2H3,(H,18,19)(H,20,21). The lowest BCUT2D eigenvalue weighted by molar-refractivity contribution is 0.0696. The number of halogens is 1. The molecule has 5 heteroatoms. The average Bonchev–Trinajstić information content (AvgIpc) is 2.39. The Labute approximate surface area is 121 Å². The van der Waals surface area contributed by atoms with Gasteiger partial charge in [0.05, 0.1) is 5.56 Å². The molecule has 0 saturated carbocycles. The van der Waals surface area contributed by atoms with E-state index in [2.05, 4.69) is 5.32 Å². The Balaban J connectivity index is 2.31. The first-order valence-electron chi connectivity index (χ1n) is 6.29. The lowest BCUT2D eigenvalue weighted by Crippen LogP contribution is -2.14. The molecule has 0 unspecified atom stereocenters. The van der Waals surface area contributed by atoms with E-state index >= 15 is 0 Å². The number of nitrogens with one attached hydrogen (secondary N) is 1. The second-order valence-electron chi connectivity index (χ2n) is 4.81. The van der Waals surface area contributed by atoms with E-state index in [1.165, 1.54) is 18.2 Å². The van der Waals surface area contributed by atoms with Gasteiger partial charge in [0.1, 0.15) is 5.82 Å². The smallest absolute Gasteiger partial charge is 0.335 e. The molecule has 1 amide bonds. The van der Waals surface area contributed by atoms with Gasteiger partial charge in [-0.1, -0.05) is 6.07 Å². The normalized spacial score (nSPS) is 10.2. The van der Waals surface area contributed by atoms with Gasteiger partial charge >= 0.3 is 5.97 Å². The number of hydrogen-bond donors (Lipinski definition) is 2. The number of amides is 1. The van der Waals surface area contributed by atoms with Gasteiger partial charge in [0, 0.05) is 11.3 Å². The molecule has 2 aromatic rings. The van der Waals surface area contributed by atoms with E-state index in [0.29, 0.717) is 11.3 Å². The zero-order valence-electron chi connectivity index (χ0n) is 11.6. The third-order valence-electron chi connectivity index (χ3n) is 3.04. The van der Waals surface area contributed by atoms with Crippen molar-refractivity contribution in [2.75, 3.05) is 5.32 Å². The molecule has 0 heterocycles. The minimum Gasteiger partial charge on any atom is -0.478 e. The quantitative estimate of drug-likeness (QED) is 0.909. The summed E-state index contributed by atoms with van der Waals surface area (Å²) in [5.74, 6) is -2.05. The Hall–Kier alpha value is -2.69. The summed E-state index contributed by atoms with van der Waals surface area (Å²) in [5, 5.41) is 11.6. The Morgan fingerprint density at radius 3 is 2.38 bits per heavy atom. The SMILES string of the molecule is Cc1cc(F)cc(C(=O)Nc2cc(C(=O)O)ccc2C)c1. The second kappa shape index (κ2) is 5.75. The molecule has 0 saturated heterocycles. The fourth-order valence-corrected chi connectivity index (χ4v) is 1.95. The zero-order chi connectivity index (χ0) is 15.6. The molecule has 2 N–H and O–H groups in total. The summed E-state index contributed by atoms with van der Waals surface area (Å²) in [5.41, 5.74) is 2.01. The predicted octanol–water partition coefficient (Wildman–Crippen LogP) is 3.39. The van der Waals surface area contributed by atoms with Crippen LogP contribution in [0.4, 0.5) is 10.1 Å². The van der Waals surface area contributed by atoms with Crippen LogP contribution in [0.25, 0.3) is 0 Å². The maximum absolute atomic E-state index is 13.3. The fourth-order valence-electron chi connectivity index (χ4n) is 1.95. The number of aryl methyl sites for hydroxylation is 2. The molecule has 0 atom stereocenters. The number of hydrogen-bond acceptors (Lipinski definition) is 2. The first-order valence-corrected chi connectivity index (χ1v) is 6.29. The van der Waals surface area contributed by atoms with Crippen LogP contribution < -0.4 is 5.32 Å². The van der Waals surface area contributed by atoms with Crippen molar-refractivity contribution >= 4 is 17.6 Å². The molecule has 108 valence electrons. The van der Waals surface area contributed by atoms with Gasteiger partial charge in [0.15, 0.2) is 0 Å². The van der Waals surface area contributed by atoms with E-state index < -0.39 is 17.7 Å². The highest BCUT2D eigenvalue weighted by atomic mass is 19.1. The minimum absolute atomic E-state index is 0.0753. The first-order chi connectivity index (χ1) is 9.86. The summed E-state index contributed by atoms with van der Waals surface area (Å²) in [4.78, 5) is 23.1. The second-order valence-corrected chi connectivity index (χ2v) is 4.81. The summed E-state index contributed by atoms with van der Waals surface area (Å²) in [7, 11) is 0. The van der Waals surface area contributed by atoms with Crippen molar-refractivity contribution in [3.8, 4) is 0 Å². The van der Waals surface area contributed by atoms with Crippen LogP contribution >= 0.6 is 0 Å². The maximum Gasteiger partial charge on any atom is 0.335 e. The topological polar surface area (TPSA) is 66.4 Å². The van der Waals surface area contributed by atoms with Gasteiger partial charge in [-0.05, 0) is 55.3 Å². The zero-order valence-corrected chi connectivity index (χ0v) is 11.6. The number of aromatic carboxylic acids is 1. The average molecular weight is 287 g/mol. The third kappa shape index (κ3) is 3.45. The Kier molecular flexibility index (Phi) is 4.03. The molecule has 0 aliphatic rings. The minimum atomic E-state index is -1.08. The van der Waals surface area contributed by atoms with Gasteiger partial charge in [-0.2, -0.15) is 0 Å². The molecule has 0 aliphatic carbocycles.